The molecule has 0 amide bonds. The maximum absolute atomic E-state index is 3.49. The van der Waals surface area contributed by atoms with Gasteiger partial charge in [-0.15, -0.1) is 0 Å². The fourth-order valence-corrected chi connectivity index (χ4v) is 22.5. The Morgan fingerprint density at radius 3 is 1.02 bits per heavy atom. The van der Waals surface area contributed by atoms with E-state index >= 15 is 0 Å². The van der Waals surface area contributed by atoms with Crippen LogP contribution in [0.15, 0.2) is 12.1 Å². The van der Waals surface area contributed by atoms with Crippen LogP contribution in [-0.2, 0) is 0 Å². The quantitative estimate of drug-likeness (QED) is 0.0761. The zero-order valence-corrected chi connectivity index (χ0v) is 34.3. The lowest BCUT2D eigenvalue weighted by molar-refractivity contribution is 0.741. The highest BCUT2D eigenvalue weighted by atomic mass is 127. The van der Waals surface area contributed by atoms with Gasteiger partial charge in [0.2, 0.25) is 0 Å². The van der Waals surface area contributed by atoms with Crippen molar-refractivity contribution in [2.24, 2.45) is 0 Å². The Morgan fingerprint density at radius 1 is 0.500 bits per heavy atom. The molecule has 0 saturated carbocycles. The number of halogens is 2. The Bertz CT molecular complexity index is 901. The zero-order chi connectivity index (χ0) is 30.7. The molecule has 0 N–H and O–H groups in total. The Kier molecular flexibility index (Phi) is 17.3. The molecular formula is C36H60I2Si2. The highest BCUT2D eigenvalue weighted by molar-refractivity contribution is 14.1. The average Bonchev–Trinajstić information content (AvgIpc) is 2.84. The molecule has 0 saturated heterocycles. The second-order valence-corrected chi connectivity index (χ2v) is 28.7. The van der Waals surface area contributed by atoms with E-state index in [4.69, 9.17) is 0 Å². The van der Waals surface area contributed by atoms with Crippen LogP contribution in [0.2, 0.25) is 45.3 Å². The van der Waals surface area contributed by atoms with Gasteiger partial charge in [-0.25, -0.2) is 0 Å². The number of benzene rings is 1. The Labute approximate surface area is 280 Å². The largest absolute Gasteiger partial charge is 0.0979 e. The van der Waals surface area contributed by atoms with Crippen molar-refractivity contribution < 1.29 is 0 Å². The van der Waals surface area contributed by atoms with Crippen molar-refractivity contribution in [3.63, 3.8) is 0 Å². The first-order valence-corrected chi connectivity index (χ1v) is 23.1. The summed E-state index contributed by atoms with van der Waals surface area (Å²) in [5.74, 6) is 13.9. The molecule has 0 radical (unpaired) electrons. The highest BCUT2D eigenvalue weighted by Gasteiger charge is 2.42. The van der Waals surface area contributed by atoms with Crippen LogP contribution in [0.3, 0.4) is 0 Å². The van der Waals surface area contributed by atoms with Gasteiger partial charge >= 0.3 is 0 Å². The Hall–Kier alpha value is 0.234. The van der Waals surface area contributed by atoms with Crippen LogP contribution >= 0.6 is 45.2 Å². The van der Waals surface area contributed by atoms with Crippen LogP contribution in [0.1, 0.15) is 133 Å². The summed E-state index contributed by atoms with van der Waals surface area (Å²) >= 11 is 4.88. The van der Waals surface area contributed by atoms with Gasteiger partial charge in [-0.2, -0.15) is 0 Å². The van der Waals surface area contributed by atoms with Crippen molar-refractivity contribution in [1.82, 2.24) is 0 Å². The van der Waals surface area contributed by atoms with E-state index in [-0.39, 0.29) is 0 Å². The van der Waals surface area contributed by atoms with Crippen molar-refractivity contribution in [2.45, 2.75) is 167 Å². The van der Waals surface area contributed by atoms with Gasteiger partial charge in [0.1, 0.15) is 0 Å². The van der Waals surface area contributed by atoms with E-state index in [0.717, 1.165) is 57.2 Å². The lowest BCUT2D eigenvalue weighted by Gasteiger charge is -2.43. The fourth-order valence-electron chi connectivity index (χ4n) is 8.08. The third-order valence-corrected chi connectivity index (χ3v) is 27.4. The van der Waals surface area contributed by atoms with Crippen molar-refractivity contribution in [2.75, 3.05) is 0 Å². The smallest absolute Gasteiger partial charge is 0.0612 e. The molecule has 0 aliphatic rings. The van der Waals surface area contributed by atoms with Gasteiger partial charge in [0.15, 0.2) is 0 Å². The van der Waals surface area contributed by atoms with Crippen molar-refractivity contribution in [3.8, 4) is 23.7 Å². The van der Waals surface area contributed by atoms with E-state index in [2.05, 4.69) is 164 Å². The summed E-state index contributed by atoms with van der Waals surface area (Å²) in [4.78, 5) is 0. The van der Waals surface area contributed by atoms with Gasteiger partial charge < -0.3 is 0 Å². The lowest BCUT2D eigenvalue weighted by atomic mass is 10.1. The Balaban J connectivity index is 2.71. The predicted molar refractivity (Wildman–Crippen MR) is 205 cm³/mol. The molecule has 1 aromatic rings. The molecule has 1 aromatic carbocycles. The van der Waals surface area contributed by atoms with Gasteiger partial charge in [-0.3, -0.25) is 0 Å². The maximum atomic E-state index is 3.49. The summed E-state index contributed by atoms with van der Waals surface area (Å²) in [6.07, 6.45) is 7.10. The lowest BCUT2D eigenvalue weighted by Crippen LogP contribution is -2.44. The number of unbranched alkanes of at least 4 members (excludes halogenated alkanes) is 4. The van der Waals surface area contributed by atoms with Crippen LogP contribution in [0.4, 0.5) is 0 Å². The van der Waals surface area contributed by atoms with Crippen LogP contribution in [0.5, 0.6) is 0 Å². The standard InChI is InChI=1S/C36H60I2Si2/c1-27(2)39(28(3)4,29(5)6)23-19-15-13-17-21-33-25-36(38)34(26-35(33)37)22-18-14-16-20-24-40(30(7)8,31(9)10)32(11)12/h25-32H,13-16,19-20,23-24H2,1-12H3. The van der Waals surface area contributed by atoms with Gasteiger partial charge in [-0.05, 0) is 70.2 Å². The minimum Gasteiger partial charge on any atom is -0.0979 e. The molecule has 0 heterocycles. The monoisotopic (exact) mass is 802 g/mol. The van der Waals surface area contributed by atoms with Crippen LogP contribution in [0, 0.1) is 30.8 Å². The molecule has 0 unspecified atom stereocenters. The summed E-state index contributed by atoms with van der Waals surface area (Å²) in [7, 11) is -2.55. The van der Waals surface area contributed by atoms with Crippen molar-refractivity contribution >= 4 is 61.3 Å². The van der Waals surface area contributed by atoms with E-state index in [0.29, 0.717) is 0 Å². The first kappa shape index (κ1) is 38.3. The highest BCUT2D eigenvalue weighted by Crippen LogP contribution is 2.46. The molecule has 0 nitrogen and oxygen atoms in total. The molecule has 1 rings (SSSR count). The molecule has 0 aliphatic heterocycles. The molecule has 0 fully saturated rings. The van der Waals surface area contributed by atoms with Gasteiger partial charge in [0.25, 0.3) is 0 Å². The van der Waals surface area contributed by atoms with Crippen LogP contribution in [-0.4, -0.2) is 16.1 Å². The van der Waals surface area contributed by atoms with E-state index in [1.165, 1.54) is 44.9 Å². The third kappa shape index (κ3) is 10.2. The molecule has 226 valence electrons. The van der Waals surface area contributed by atoms with Crippen LogP contribution < -0.4 is 0 Å². The van der Waals surface area contributed by atoms with E-state index in [9.17, 15) is 0 Å². The van der Waals surface area contributed by atoms with Gasteiger partial charge in [0.05, 0.1) is 16.1 Å². The number of rotatable bonds is 14. The maximum Gasteiger partial charge on any atom is 0.0612 e. The molecule has 0 bridgehead atoms. The Morgan fingerprint density at radius 2 is 0.775 bits per heavy atom. The summed E-state index contributed by atoms with van der Waals surface area (Å²) in [6, 6.07) is 7.36. The minimum absolute atomic E-state index is 0.851. The molecule has 4 heteroatoms. The van der Waals surface area contributed by atoms with Crippen LogP contribution in [0.25, 0.3) is 0 Å². The first-order chi connectivity index (χ1) is 18.6. The SMILES string of the molecule is CC(C)[Si](CCCCC#Cc1cc(I)c(C#CCCCC[Si](C(C)C)(C(C)C)C(C)C)cc1I)(C(C)C)C(C)C. The summed E-state index contributed by atoms with van der Waals surface area (Å²) in [5, 5.41) is 0. The van der Waals surface area contributed by atoms with Gasteiger partial charge in [0, 0.05) is 31.1 Å². The van der Waals surface area contributed by atoms with Gasteiger partial charge in [-0.1, -0.05) is 165 Å². The molecule has 0 aromatic heterocycles. The zero-order valence-electron chi connectivity index (χ0n) is 28.0. The summed E-state index contributed by atoms with van der Waals surface area (Å²) < 4.78 is 2.45. The number of hydrogen-bond donors (Lipinski definition) is 0. The minimum atomic E-state index is -1.28. The third-order valence-electron chi connectivity index (χ3n) is 10.3. The molecule has 0 spiro atoms. The molecular weight excluding hydrogens is 742 g/mol. The first-order valence-electron chi connectivity index (χ1n) is 16.1. The molecule has 0 aliphatic carbocycles. The van der Waals surface area contributed by atoms with Crippen molar-refractivity contribution in [3.05, 3.63) is 30.4 Å². The predicted octanol–water partition coefficient (Wildman–Crippen LogP) is 13.3. The average molecular weight is 803 g/mol. The second-order valence-electron chi connectivity index (χ2n) is 14.0. The topological polar surface area (TPSA) is 0 Å². The van der Waals surface area contributed by atoms with E-state index in [1.54, 1.807) is 0 Å². The normalized spacial score (nSPS) is 12.5. The van der Waals surface area contributed by atoms with E-state index < -0.39 is 16.1 Å². The van der Waals surface area contributed by atoms with E-state index in [1.807, 2.05) is 0 Å². The molecule has 40 heavy (non-hydrogen) atoms. The number of hydrogen-bond acceptors (Lipinski definition) is 0. The molecule has 0 atom stereocenters. The fraction of sp³-hybridized carbons (Fsp3) is 0.722. The summed E-state index contributed by atoms with van der Waals surface area (Å²) in [6.45, 7) is 29.7. The second kappa shape index (κ2) is 18.1. The summed E-state index contributed by atoms with van der Waals surface area (Å²) in [5.41, 5.74) is 7.42. The van der Waals surface area contributed by atoms with Crippen molar-refractivity contribution in [1.29, 1.82) is 0 Å².